The van der Waals surface area contributed by atoms with Crippen molar-refractivity contribution in [1.82, 2.24) is 9.55 Å². The molecular formula is C23H20N2O4. The van der Waals surface area contributed by atoms with Crippen LogP contribution in [0.5, 0.6) is 0 Å². The molecule has 29 heavy (non-hydrogen) atoms. The summed E-state index contributed by atoms with van der Waals surface area (Å²) in [5, 5.41) is 0. The zero-order valence-corrected chi connectivity index (χ0v) is 16.0. The Morgan fingerprint density at radius 1 is 1.03 bits per heavy atom. The molecule has 0 saturated heterocycles. The van der Waals surface area contributed by atoms with Gasteiger partial charge in [-0.1, -0.05) is 42.5 Å². The Morgan fingerprint density at radius 3 is 2.59 bits per heavy atom. The molecule has 0 amide bonds. The number of rotatable bonds is 6. The van der Waals surface area contributed by atoms with Gasteiger partial charge in [-0.3, -0.25) is 9.55 Å². The van der Waals surface area contributed by atoms with E-state index in [1.165, 1.54) is 0 Å². The molecule has 0 saturated carbocycles. The lowest BCUT2D eigenvalue weighted by molar-refractivity contribution is 0.0494. The number of fused-ring (bicyclic) bond motifs is 1. The van der Waals surface area contributed by atoms with Crippen LogP contribution in [-0.4, -0.2) is 22.1 Å². The van der Waals surface area contributed by atoms with Crippen molar-refractivity contribution in [2.75, 3.05) is 6.61 Å². The van der Waals surface area contributed by atoms with Crippen molar-refractivity contribution in [2.45, 2.75) is 19.9 Å². The zero-order chi connectivity index (χ0) is 20.2. The Hall–Kier alpha value is -3.67. The number of benzene rings is 2. The minimum atomic E-state index is -0.418. The largest absolute Gasteiger partial charge is 0.462 e. The molecule has 6 heteroatoms. The van der Waals surface area contributed by atoms with Gasteiger partial charge in [0.2, 0.25) is 0 Å². The quantitative estimate of drug-likeness (QED) is 0.365. The van der Waals surface area contributed by atoms with E-state index in [-0.39, 0.29) is 6.61 Å². The number of ether oxygens (including phenoxy) is 1. The first-order valence-corrected chi connectivity index (χ1v) is 9.42. The number of hydrogen-bond donors (Lipinski definition) is 0. The van der Waals surface area contributed by atoms with Crippen molar-refractivity contribution in [3.05, 3.63) is 88.5 Å². The lowest BCUT2D eigenvalue weighted by Crippen LogP contribution is -2.16. The molecule has 0 N–H and O–H groups in total. The van der Waals surface area contributed by atoms with Gasteiger partial charge >= 0.3 is 11.7 Å². The summed E-state index contributed by atoms with van der Waals surface area (Å²) in [5.74, 6) is -0.826. The summed E-state index contributed by atoms with van der Waals surface area (Å²) in [4.78, 5) is 28.9. The molecular weight excluding hydrogens is 368 g/mol. The Kier molecular flexibility index (Phi) is 5.24. The molecule has 0 bridgehead atoms. The number of hydrogen-bond acceptors (Lipinski definition) is 5. The number of para-hydroxylation sites is 2. The Balaban J connectivity index is 1.37. The summed E-state index contributed by atoms with van der Waals surface area (Å²) in [6, 6.07) is 20.6. The van der Waals surface area contributed by atoms with Gasteiger partial charge in [-0.2, -0.15) is 0 Å². The second-order valence-electron chi connectivity index (χ2n) is 6.67. The number of esters is 1. The Bertz CT molecular complexity index is 1210. The maximum atomic E-state index is 12.4. The van der Waals surface area contributed by atoms with Crippen molar-refractivity contribution in [2.24, 2.45) is 0 Å². The lowest BCUT2D eigenvalue weighted by atomic mass is 10.1. The first-order chi connectivity index (χ1) is 14.1. The second kappa shape index (κ2) is 8.14. The van der Waals surface area contributed by atoms with Crippen molar-refractivity contribution >= 4 is 17.1 Å². The van der Waals surface area contributed by atoms with Gasteiger partial charge < -0.3 is 9.15 Å². The van der Waals surface area contributed by atoms with Gasteiger partial charge in [0.15, 0.2) is 5.58 Å². The summed E-state index contributed by atoms with van der Waals surface area (Å²) < 4.78 is 12.1. The van der Waals surface area contributed by atoms with E-state index in [9.17, 15) is 9.59 Å². The van der Waals surface area contributed by atoms with Crippen LogP contribution in [0.1, 0.15) is 22.5 Å². The summed E-state index contributed by atoms with van der Waals surface area (Å²) in [7, 11) is 0. The normalized spacial score (nSPS) is 10.9. The van der Waals surface area contributed by atoms with Gasteiger partial charge in [-0.05, 0) is 37.6 Å². The fourth-order valence-electron chi connectivity index (χ4n) is 3.24. The van der Waals surface area contributed by atoms with E-state index in [1.54, 1.807) is 23.6 Å². The van der Waals surface area contributed by atoms with Crippen molar-refractivity contribution in [1.29, 1.82) is 0 Å². The molecule has 146 valence electrons. The van der Waals surface area contributed by atoms with Crippen LogP contribution in [0, 0.1) is 6.92 Å². The highest BCUT2D eigenvalue weighted by Crippen LogP contribution is 2.19. The predicted octanol–water partition coefficient (Wildman–Crippen LogP) is 4.21. The van der Waals surface area contributed by atoms with Crippen LogP contribution in [0.15, 0.2) is 75.9 Å². The van der Waals surface area contributed by atoms with Gasteiger partial charge in [0.05, 0.1) is 29.1 Å². The molecule has 4 aromatic rings. The summed E-state index contributed by atoms with van der Waals surface area (Å²) in [6.45, 7) is 2.40. The van der Waals surface area contributed by atoms with Gasteiger partial charge in [0.1, 0.15) is 0 Å². The van der Waals surface area contributed by atoms with E-state index in [0.29, 0.717) is 29.8 Å². The minimum absolute atomic E-state index is 0.199. The maximum absolute atomic E-state index is 12.4. The first kappa shape index (κ1) is 18.7. The monoisotopic (exact) mass is 388 g/mol. The molecule has 4 rings (SSSR count). The van der Waals surface area contributed by atoms with E-state index in [4.69, 9.17) is 9.15 Å². The van der Waals surface area contributed by atoms with E-state index in [2.05, 4.69) is 4.98 Å². The summed E-state index contributed by atoms with van der Waals surface area (Å²) >= 11 is 0. The summed E-state index contributed by atoms with van der Waals surface area (Å²) in [5.41, 5.74) is 4.15. The molecule has 0 spiro atoms. The van der Waals surface area contributed by atoms with Gasteiger partial charge in [0, 0.05) is 12.1 Å². The molecule has 0 aliphatic carbocycles. The number of carbonyl (C=O) groups excluding carboxylic acids is 1. The molecule has 0 aliphatic heterocycles. The van der Waals surface area contributed by atoms with Gasteiger partial charge in [0.25, 0.3) is 0 Å². The van der Waals surface area contributed by atoms with E-state index in [1.807, 2.05) is 54.6 Å². The van der Waals surface area contributed by atoms with Crippen molar-refractivity contribution in [3.8, 4) is 11.3 Å². The molecule has 0 fully saturated rings. The molecule has 2 heterocycles. The molecule has 6 nitrogen and oxygen atoms in total. The SMILES string of the molecule is Cc1nc(-c2ccccc2)ccc1C(=O)OCCCn1c(=O)oc2ccccc21. The number of aromatic nitrogens is 2. The van der Waals surface area contributed by atoms with Crippen LogP contribution in [0.25, 0.3) is 22.4 Å². The fraction of sp³-hybridized carbons (Fsp3) is 0.174. The standard InChI is InChI=1S/C23H20N2O4/c1-16-18(12-13-19(24-16)17-8-3-2-4-9-17)22(26)28-15-7-14-25-20-10-5-6-11-21(20)29-23(25)27/h2-6,8-13H,7,14-15H2,1H3. The van der Waals surface area contributed by atoms with Crippen LogP contribution in [0.3, 0.4) is 0 Å². The number of pyridine rings is 1. The van der Waals surface area contributed by atoms with Crippen LogP contribution in [0.4, 0.5) is 0 Å². The molecule has 2 aromatic carbocycles. The number of oxazole rings is 1. The van der Waals surface area contributed by atoms with Crippen LogP contribution in [-0.2, 0) is 11.3 Å². The van der Waals surface area contributed by atoms with Crippen molar-refractivity contribution < 1.29 is 13.9 Å². The maximum Gasteiger partial charge on any atom is 0.419 e. The number of aryl methyl sites for hydroxylation is 2. The van der Waals surface area contributed by atoms with E-state index in [0.717, 1.165) is 16.8 Å². The molecule has 0 atom stereocenters. The minimum Gasteiger partial charge on any atom is -0.462 e. The third-order valence-electron chi connectivity index (χ3n) is 4.71. The highest BCUT2D eigenvalue weighted by Gasteiger charge is 2.13. The van der Waals surface area contributed by atoms with Gasteiger partial charge in [-0.15, -0.1) is 0 Å². The average molecular weight is 388 g/mol. The lowest BCUT2D eigenvalue weighted by Gasteiger charge is -2.09. The third-order valence-corrected chi connectivity index (χ3v) is 4.71. The summed E-state index contributed by atoms with van der Waals surface area (Å²) in [6.07, 6.45) is 0.504. The van der Waals surface area contributed by atoms with E-state index < -0.39 is 11.7 Å². The van der Waals surface area contributed by atoms with Crippen LogP contribution >= 0.6 is 0 Å². The topological polar surface area (TPSA) is 74.3 Å². The first-order valence-electron chi connectivity index (χ1n) is 9.42. The molecule has 0 radical (unpaired) electrons. The predicted molar refractivity (Wildman–Crippen MR) is 110 cm³/mol. The Morgan fingerprint density at radius 2 is 1.79 bits per heavy atom. The highest BCUT2D eigenvalue weighted by atomic mass is 16.5. The molecule has 0 unspecified atom stereocenters. The molecule has 2 aromatic heterocycles. The highest BCUT2D eigenvalue weighted by molar-refractivity contribution is 5.91. The zero-order valence-electron chi connectivity index (χ0n) is 16.0. The smallest absolute Gasteiger partial charge is 0.419 e. The fourth-order valence-corrected chi connectivity index (χ4v) is 3.24. The van der Waals surface area contributed by atoms with Crippen molar-refractivity contribution in [3.63, 3.8) is 0 Å². The van der Waals surface area contributed by atoms with Crippen LogP contribution in [0.2, 0.25) is 0 Å². The van der Waals surface area contributed by atoms with Crippen LogP contribution < -0.4 is 5.76 Å². The number of nitrogens with zero attached hydrogens (tertiary/aromatic N) is 2. The molecule has 0 aliphatic rings. The average Bonchev–Trinajstić information content (AvgIpc) is 3.06. The van der Waals surface area contributed by atoms with E-state index >= 15 is 0 Å². The third kappa shape index (κ3) is 3.96. The number of carbonyl (C=O) groups is 1. The second-order valence-corrected chi connectivity index (χ2v) is 6.67. The van der Waals surface area contributed by atoms with Gasteiger partial charge in [-0.25, -0.2) is 9.59 Å². The Labute approximate surface area is 167 Å².